The molecular formula is C20H24N8. The number of nitrogens with two attached hydrogens (primary N) is 2. The summed E-state index contributed by atoms with van der Waals surface area (Å²) >= 11 is 0. The summed E-state index contributed by atoms with van der Waals surface area (Å²) in [4.78, 5) is 18.9. The van der Waals surface area contributed by atoms with Gasteiger partial charge in [-0.1, -0.05) is 0 Å². The maximum absolute atomic E-state index is 9.48. The summed E-state index contributed by atoms with van der Waals surface area (Å²) in [6.45, 7) is 5.47. The molecule has 0 amide bonds. The van der Waals surface area contributed by atoms with Crippen LogP contribution in [0.2, 0.25) is 0 Å². The van der Waals surface area contributed by atoms with Crippen molar-refractivity contribution >= 4 is 36.0 Å². The average Bonchev–Trinajstić information content (AvgIpc) is 3.28. The molecule has 0 saturated carbocycles. The third kappa shape index (κ3) is 5.22. The van der Waals surface area contributed by atoms with Gasteiger partial charge in [0.25, 0.3) is 0 Å². The van der Waals surface area contributed by atoms with E-state index in [0.29, 0.717) is 22.8 Å². The highest BCUT2D eigenvalue weighted by Crippen LogP contribution is 2.25. The third-order valence-electron chi connectivity index (χ3n) is 4.09. The van der Waals surface area contributed by atoms with Crippen molar-refractivity contribution in [2.45, 2.75) is 12.8 Å². The van der Waals surface area contributed by atoms with Gasteiger partial charge in [0.2, 0.25) is 0 Å². The van der Waals surface area contributed by atoms with E-state index in [0.717, 1.165) is 37.3 Å². The lowest BCUT2D eigenvalue weighted by Gasteiger charge is -2.17. The molecule has 0 spiro atoms. The number of aliphatic imine (C=N–C) groups is 2. The quantitative estimate of drug-likeness (QED) is 0.771. The Labute approximate surface area is 165 Å². The van der Waals surface area contributed by atoms with E-state index in [1.807, 2.05) is 0 Å². The first-order valence-electron chi connectivity index (χ1n) is 8.87. The highest BCUT2D eigenvalue weighted by molar-refractivity contribution is 5.86. The summed E-state index contributed by atoms with van der Waals surface area (Å²) in [5.41, 5.74) is 12.6. The van der Waals surface area contributed by atoms with Crippen molar-refractivity contribution in [1.82, 2.24) is 9.97 Å². The van der Waals surface area contributed by atoms with Gasteiger partial charge in [-0.05, 0) is 50.9 Å². The molecule has 3 heterocycles. The van der Waals surface area contributed by atoms with E-state index in [1.54, 1.807) is 42.9 Å². The zero-order chi connectivity index (χ0) is 20.4. The van der Waals surface area contributed by atoms with E-state index in [4.69, 9.17) is 5.73 Å². The number of nitrogens with zero attached hydrogens (tertiary/aromatic N) is 6. The highest BCUT2D eigenvalue weighted by atomic mass is 15.2. The van der Waals surface area contributed by atoms with Crippen molar-refractivity contribution in [3.63, 3.8) is 0 Å². The fourth-order valence-corrected chi connectivity index (χ4v) is 2.77. The van der Waals surface area contributed by atoms with Crippen LogP contribution in [0.1, 0.15) is 24.0 Å². The van der Waals surface area contributed by atoms with Gasteiger partial charge in [-0.3, -0.25) is 9.98 Å². The molecule has 0 atom stereocenters. The Kier molecular flexibility index (Phi) is 7.81. The van der Waals surface area contributed by atoms with Gasteiger partial charge in [0.05, 0.1) is 23.1 Å². The summed E-state index contributed by atoms with van der Waals surface area (Å²) in [6.07, 6.45) is 8.89. The molecule has 2 aromatic rings. The van der Waals surface area contributed by atoms with Crippen LogP contribution in [0, 0.1) is 11.3 Å². The number of rotatable bonds is 5. The van der Waals surface area contributed by atoms with E-state index in [-0.39, 0.29) is 0 Å². The number of anilines is 2. The van der Waals surface area contributed by atoms with Crippen LogP contribution >= 0.6 is 0 Å². The first kappa shape index (κ1) is 20.7. The summed E-state index contributed by atoms with van der Waals surface area (Å²) < 4.78 is 0. The number of nitriles is 1. The zero-order valence-corrected chi connectivity index (χ0v) is 15.9. The average molecular weight is 376 g/mol. The van der Waals surface area contributed by atoms with Crippen molar-refractivity contribution in [3.8, 4) is 6.07 Å². The molecule has 0 bridgehead atoms. The molecule has 8 nitrogen and oxygen atoms in total. The topological polar surface area (TPSA) is 130 Å². The van der Waals surface area contributed by atoms with Crippen molar-refractivity contribution in [2.75, 3.05) is 30.8 Å². The maximum atomic E-state index is 9.48. The molecular weight excluding hydrogens is 352 g/mol. The van der Waals surface area contributed by atoms with Crippen LogP contribution in [0.25, 0.3) is 5.70 Å². The minimum atomic E-state index is 0.445. The Morgan fingerprint density at radius 2 is 2.00 bits per heavy atom. The largest absolute Gasteiger partial charge is 0.384 e. The molecule has 4 N–H and O–H groups in total. The van der Waals surface area contributed by atoms with Crippen molar-refractivity contribution < 1.29 is 0 Å². The lowest BCUT2D eigenvalue weighted by molar-refractivity contribution is 0.933. The minimum absolute atomic E-state index is 0.445. The first-order valence-corrected chi connectivity index (χ1v) is 8.87. The fraction of sp³-hybridized carbons (Fsp3) is 0.250. The molecule has 144 valence electrons. The number of allylic oxidation sites excluding steroid dienone is 1. The van der Waals surface area contributed by atoms with Gasteiger partial charge in [0, 0.05) is 31.1 Å². The van der Waals surface area contributed by atoms with Gasteiger partial charge in [0.1, 0.15) is 17.7 Å². The highest BCUT2D eigenvalue weighted by Gasteiger charge is 2.18. The molecule has 0 unspecified atom stereocenters. The Bertz CT molecular complexity index is 887. The van der Waals surface area contributed by atoms with Crippen LogP contribution in [0.3, 0.4) is 0 Å². The fourth-order valence-electron chi connectivity index (χ4n) is 2.77. The second kappa shape index (κ2) is 10.5. The molecule has 28 heavy (non-hydrogen) atoms. The smallest absolute Gasteiger partial charge is 0.146 e. The summed E-state index contributed by atoms with van der Waals surface area (Å²) in [6, 6.07) is 7.48. The van der Waals surface area contributed by atoms with Gasteiger partial charge < -0.3 is 16.4 Å². The van der Waals surface area contributed by atoms with Crippen LogP contribution in [-0.2, 0) is 0 Å². The van der Waals surface area contributed by atoms with Crippen molar-refractivity contribution in [1.29, 1.82) is 5.26 Å². The molecule has 1 saturated heterocycles. The summed E-state index contributed by atoms with van der Waals surface area (Å²) in [5, 5.41) is 9.48. The predicted octanol–water partition coefficient (Wildman–Crippen LogP) is 2.55. The van der Waals surface area contributed by atoms with Crippen LogP contribution in [0.15, 0.2) is 46.7 Å². The van der Waals surface area contributed by atoms with E-state index in [1.165, 1.54) is 7.05 Å². The molecule has 2 aromatic heterocycles. The Morgan fingerprint density at radius 3 is 2.61 bits per heavy atom. The SMILES string of the molecule is C=N/C(=C\C=Nc1ccc(N)nc1)c1cnc(N2CCCC2)c(C#N)c1.CN. The van der Waals surface area contributed by atoms with Crippen LogP contribution < -0.4 is 16.4 Å². The Morgan fingerprint density at radius 1 is 1.25 bits per heavy atom. The Hall–Kier alpha value is -3.57. The first-order chi connectivity index (χ1) is 13.7. The molecule has 0 radical (unpaired) electrons. The Balaban J connectivity index is 0.00000136. The van der Waals surface area contributed by atoms with E-state index in [9.17, 15) is 5.26 Å². The van der Waals surface area contributed by atoms with E-state index >= 15 is 0 Å². The normalized spacial score (nSPS) is 13.8. The van der Waals surface area contributed by atoms with E-state index < -0.39 is 0 Å². The van der Waals surface area contributed by atoms with Gasteiger partial charge in [-0.2, -0.15) is 5.26 Å². The lowest BCUT2D eigenvalue weighted by atomic mass is 10.1. The monoisotopic (exact) mass is 376 g/mol. The second-order valence-corrected chi connectivity index (χ2v) is 5.83. The predicted molar refractivity (Wildman–Crippen MR) is 115 cm³/mol. The standard InChI is InChI=1S/C19H19N7.CH5N/c1-22-17(6-7-23-16-4-5-18(21)24-13-16)15-10-14(11-20)19(25-12-15)26-8-2-3-9-26;1-2/h4-7,10,12-13H,1-3,8-9H2,(H2,21,24);2H2,1H3/b17-6-,23-7?;. The minimum Gasteiger partial charge on any atom is -0.384 e. The van der Waals surface area contributed by atoms with Crippen LogP contribution in [-0.4, -0.2) is 43.0 Å². The van der Waals surface area contributed by atoms with Gasteiger partial charge in [-0.25, -0.2) is 9.97 Å². The molecule has 1 aliphatic rings. The van der Waals surface area contributed by atoms with Gasteiger partial charge in [0.15, 0.2) is 0 Å². The molecule has 1 aliphatic heterocycles. The number of hydrogen-bond acceptors (Lipinski definition) is 8. The summed E-state index contributed by atoms with van der Waals surface area (Å²) in [7, 11) is 1.50. The van der Waals surface area contributed by atoms with Crippen LogP contribution in [0.4, 0.5) is 17.3 Å². The number of nitrogen functional groups attached to an aromatic ring is 1. The van der Waals surface area contributed by atoms with Crippen molar-refractivity contribution in [2.24, 2.45) is 15.7 Å². The van der Waals surface area contributed by atoms with Gasteiger partial charge in [-0.15, -0.1) is 0 Å². The number of hydrogen-bond donors (Lipinski definition) is 2. The van der Waals surface area contributed by atoms with Crippen molar-refractivity contribution in [3.05, 3.63) is 47.8 Å². The third-order valence-corrected chi connectivity index (χ3v) is 4.09. The van der Waals surface area contributed by atoms with Crippen LogP contribution in [0.5, 0.6) is 0 Å². The van der Waals surface area contributed by atoms with Gasteiger partial charge >= 0.3 is 0 Å². The number of pyridine rings is 2. The molecule has 1 fully saturated rings. The lowest BCUT2D eigenvalue weighted by Crippen LogP contribution is -2.20. The second-order valence-electron chi connectivity index (χ2n) is 5.83. The maximum Gasteiger partial charge on any atom is 0.146 e. The van der Waals surface area contributed by atoms with E-state index in [2.05, 4.69) is 43.4 Å². The molecule has 8 heteroatoms. The molecule has 0 aromatic carbocycles. The molecule has 3 rings (SSSR count). The molecule has 0 aliphatic carbocycles. The zero-order valence-electron chi connectivity index (χ0n) is 15.9. The number of aromatic nitrogens is 2. The summed E-state index contributed by atoms with van der Waals surface area (Å²) in [5.74, 6) is 1.18.